The molecule has 176 valence electrons. The molecule has 0 radical (unpaired) electrons. The molecule has 2 aliphatic rings. The Kier molecular flexibility index (Phi) is 12.8. The first kappa shape index (κ1) is 26.4. The molecule has 1 atom stereocenters. The molecule has 0 bridgehead atoms. The Morgan fingerprint density at radius 2 is 1.97 bits per heavy atom. The Morgan fingerprint density at radius 3 is 2.74 bits per heavy atom. The smallest absolute Gasteiger partial charge is 0.191 e. The molecule has 1 unspecified atom stereocenters. The van der Waals surface area contributed by atoms with Crippen LogP contribution in [0.15, 0.2) is 29.3 Å². The summed E-state index contributed by atoms with van der Waals surface area (Å²) in [5.74, 6) is 0.866. The fourth-order valence-electron chi connectivity index (χ4n) is 4.27. The van der Waals surface area contributed by atoms with Gasteiger partial charge in [0.2, 0.25) is 0 Å². The van der Waals surface area contributed by atoms with Crippen molar-refractivity contribution in [3.05, 3.63) is 35.4 Å². The van der Waals surface area contributed by atoms with Crippen LogP contribution in [0.5, 0.6) is 0 Å². The molecular formula is C24H41IN4O2. The Hall–Kier alpha value is -0.900. The minimum atomic E-state index is 0. The SMILES string of the molecule is CN=C(NCCCN1CCCCC1C)NCc1cccc(COC2CCOCC2)c1.I. The summed E-state index contributed by atoms with van der Waals surface area (Å²) in [6.07, 6.45) is 7.55. The van der Waals surface area contributed by atoms with Crippen molar-refractivity contribution in [3.8, 4) is 0 Å². The monoisotopic (exact) mass is 544 g/mol. The number of nitrogens with zero attached hydrogens (tertiary/aromatic N) is 2. The van der Waals surface area contributed by atoms with Crippen molar-refractivity contribution in [2.24, 2.45) is 4.99 Å². The number of likely N-dealkylation sites (tertiary alicyclic amines) is 1. The Balaban J connectivity index is 0.00000341. The van der Waals surface area contributed by atoms with E-state index in [1.807, 2.05) is 7.05 Å². The van der Waals surface area contributed by atoms with Gasteiger partial charge in [0.1, 0.15) is 0 Å². The van der Waals surface area contributed by atoms with Crippen LogP contribution in [0.1, 0.15) is 56.6 Å². The lowest BCUT2D eigenvalue weighted by atomic mass is 10.0. The van der Waals surface area contributed by atoms with E-state index in [-0.39, 0.29) is 24.0 Å². The molecule has 6 nitrogen and oxygen atoms in total. The van der Waals surface area contributed by atoms with Crippen molar-refractivity contribution in [1.29, 1.82) is 0 Å². The predicted molar refractivity (Wildman–Crippen MR) is 138 cm³/mol. The number of piperidine rings is 1. The third-order valence-corrected chi connectivity index (χ3v) is 6.18. The Bertz CT molecular complexity index is 652. The minimum absolute atomic E-state index is 0. The standard InChI is InChI=1S/C24H40N4O2.HI/c1-20-7-3-4-13-28(20)14-6-12-26-24(25-2)27-18-21-8-5-9-22(17-21)19-30-23-10-15-29-16-11-23;/h5,8-9,17,20,23H,3-4,6-7,10-16,18-19H2,1-2H3,(H2,25,26,27);1H. The van der Waals surface area contributed by atoms with Crippen LogP contribution in [0.25, 0.3) is 0 Å². The molecule has 0 amide bonds. The first-order valence-corrected chi connectivity index (χ1v) is 11.7. The molecule has 31 heavy (non-hydrogen) atoms. The lowest BCUT2D eigenvalue weighted by Gasteiger charge is -2.33. The number of ether oxygens (including phenoxy) is 2. The first-order valence-electron chi connectivity index (χ1n) is 11.7. The van der Waals surface area contributed by atoms with E-state index in [9.17, 15) is 0 Å². The van der Waals surface area contributed by atoms with Gasteiger partial charge in [0, 0.05) is 45.9 Å². The van der Waals surface area contributed by atoms with E-state index in [0.29, 0.717) is 12.7 Å². The number of nitrogens with one attached hydrogen (secondary N) is 2. The van der Waals surface area contributed by atoms with E-state index < -0.39 is 0 Å². The van der Waals surface area contributed by atoms with Gasteiger partial charge in [-0.2, -0.15) is 0 Å². The highest BCUT2D eigenvalue weighted by Gasteiger charge is 2.17. The van der Waals surface area contributed by atoms with E-state index in [1.54, 1.807) is 0 Å². The molecule has 2 aliphatic heterocycles. The van der Waals surface area contributed by atoms with E-state index in [4.69, 9.17) is 9.47 Å². The summed E-state index contributed by atoms with van der Waals surface area (Å²) in [6, 6.07) is 9.35. The van der Waals surface area contributed by atoms with Gasteiger partial charge in [-0.05, 0) is 56.7 Å². The van der Waals surface area contributed by atoms with Crippen LogP contribution in [-0.2, 0) is 22.6 Å². The van der Waals surface area contributed by atoms with Gasteiger partial charge in [0.25, 0.3) is 0 Å². The second-order valence-electron chi connectivity index (χ2n) is 8.53. The van der Waals surface area contributed by atoms with Gasteiger partial charge in [-0.25, -0.2) is 0 Å². The maximum atomic E-state index is 6.05. The largest absolute Gasteiger partial charge is 0.381 e. The van der Waals surface area contributed by atoms with Gasteiger partial charge in [0.15, 0.2) is 5.96 Å². The van der Waals surface area contributed by atoms with Crippen LogP contribution in [-0.4, -0.2) is 62.9 Å². The Morgan fingerprint density at radius 1 is 1.16 bits per heavy atom. The summed E-state index contributed by atoms with van der Waals surface area (Å²) in [7, 11) is 1.83. The van der Waals surface area contributed by atoms with Gasteiger partial charge < -0.3 is 25.0 Å². The van der Waals surface area contributed by atoms with E-state index >= 15 is 0 Å². The number of aliphatic imine (C=N–C) groups is 1. The fourth-order valence-corrected chi connectivity index (χ4v) is 4.27. The molecule has 0 aromatic heterocycles. The van der Waals surface area contributed by atoms with Crippen molar-refractivity contribution < 1.29 is 9.47 Å². The summed E-state index contributed by atoms with van der Waals surface area (Å²) in [5.41, 5.74) is 2.47. The molecule has 1 aromatic carbocycles. The summed E-state index contributed by atoms with van der Waals surface area (Å²) in [6.45, 7) is 8.78. The van der Waals surface area contributed by atoms with Crippen molar-refractivity contribution >= 4 is 29.9 Å². The van der Waals surface area contributed by atoms with Crippen LogP contribution < -0.4 is 10.6 Å². The molecule has 2 heterocycles. The average Bonchev–Trinajstić information content (AvgIpc) is 2.79. The highest BCUT2D eigenvalue weighted by Crippen LogP contribution is 2.16. The second-order valence-corrected chi connectivity index (χ2v) is 8.53. The van der Waals surface area contributed by atoms with Crippen LogP contribution in [0, 0.1) is 0 Å². The van der Waals surface area contributed by atoms with Gasteiger partial charge in [-0.3, -0.25) is 4.99 Å². The fraction of sp³-hybridized carbons (Fsp3) is 0.708. The van der Waals surface area contributed by atoms with Crippen LogP contribution in [0.4, 0.5) is 0 Å². The molecule has 7 heteroatoms. The average molecular weight is 545 g/mol. The lowest BCUT2D eigenvalue weighted by Crippen LogP contribution is -2.41. The maximum absolute atomic E-state index is 6.05. The molecule has 2 fully saturated rings. The molecule has 2 N–H and O–H groups in total. The van der Waals surface area contributed by atoms with Gasteiger partial charge in [0.05, 0.1) is 12.7 Å². The van der Waals surface area contributed by atoms with E-state index in [2.05, 4.69) is 51.7 Å². The van der Waals surface area contributed by atoms with E-state index in [0.717, 1.165) is 57.6 Å². The van der Waals surface area contributed by atoms with Gasteiger partial charge in [-0.1, -0.05) is 30.7 Å². The molecule has 1 aromatic rings. The molecule has 0 aliphatic carbocycles. The summed E-state index contributed by atoms with van der Waals surface area (Å²) < 4.78 is 11.5. The van der Waals surface area contributed by atoms with Gasteiger partial charge in [-0.15, -0.1) is 24.0 Å². The van der Waals surface area contributed by atoms with Crippen LogP contribution in [0.3, 0.4) is 0 Å². The van der Waals surface area contributed by atoms with Crippen molar-refractivity contribution in [2.75, 3.05) is 39.9 Å². The van der Waals surface area contributed by atoms with E-state index in [1.165, 1.54) is 43.5 Å². The van der Waals surface area contributed by atoms with Crippen molar-refractivity contribution in [2.45, 2.75) is 70.7 Å². The van der Waals surface area contributed by atoms with Crippen LogP contribution in [0.2, 0.25) is 0 Å². The molecule has 0 spiro atoms. The number of benzene rings is 1. The summed E-state index contributed by atoms with van der Waals surface area (Å²) in [5, 5.41) is 6.89. The number of rotatable bonds is 9. The lowest BCUT2D eigenvalue weighted by molar-refractivity contribution is -0.0390. The van der Waals surface area contributed by atoms with Gasteiger partial charge >= 0.3 is 0 Å². The summed E-state index contributed by atoms with van der Waals surface area (Å²) in [4.78, 5) is 6.99. The third-order valence-electron chi connectivity index (χ3n) is 6.18. The number of hydrogen-bond donors (Lipinski definition) is 2. The molecular weight excluding hydrogens is 503 g/mol. The van der Waals surface area contributed by atoms with Crippen LogP contribution >= 0.6 is 24.0 Å². The molecule has 3 rings (SSSR count). The highest BCUT2D eigenvalue weighted by molar-refractivity contribution is 14.0. The van der Waals surface area contributed by atoms with Crippen molar-refractivity contribution in [1.82, 2.24) is 15.5 Å². The third kappa shape index (κ3) is 9.63. The minimum Gasteiger partial charge on any atom is -0.381 e. The normalized spacial score (nSPS) is 20.8. The first-order chi connectivity index (χ1) is 14.7. The topological polar surface area (TPSA) is 58.1 Å². The van der Waals surface area contributed by atoms with Crippen molar-refractivity contribution in [3.63, 3.8) is 0 Å². The zero-order valence-corrected chi connectivity index (χ0v) is 21.6. The predicted octanol–water partition coefficient (Wildman–Crippen LogP) is 3.93. The number of halogens is 1. The Labute approximate surface area is 205 Å². The maximum Gasteiger partial charge on any atom is 0.191 e. The quantitative estimate of drug-likeness (QED) is 0.214. The summed E-state index contributed by atoms with van der Waals surface area (Å²) >= 11 is 0. The zero-order chi connectivity index (χ0) is 21.0. The molecule has 0 saturated carbocycles. The molecule has 2 saturated heterocycles. The zero-order valence-electron chi connectivity index (χ0n) is 19.3. The highest BCUT2D eigenvalue weighted by atomic mass is 127. The second kappa shape index (κ2) is 15.0. The number of hydrogen-bond acceptors (Lipinski definition) is 4. The number of guanidine groups is 1.